The van der Waals surface area contributed by atoms with Gasteiger partial charge in [-0.2, -0.15) is 0 Å². The Balaban J connectivity index is 1.93. The minimum absolute atomic E-state index is 0.189. The third-order valence-corrected chi connectivity index (χ3v) is 5.34. The van der Waals surface area contributed by atoms with Gasteiger partial charge in [0.15, 0.2) is 4.77 Å². The van der Waals surface area contributed by atoms with E-state index in [1.165, 1.54) is 16.7 Å². The molecule has 0 saturated carbocycles. The highest BCUT2D eigenvalue weighted by molar-refractivity contribution is 7.71. The molecule has 2 heterocycles. The highest BCUT2D eigenvalue weighted by atomic mass is 32.1. The van der Waals surface area contributed by atoms with E-state index in [9.17, 15) is 14.3 Å². The lowest BCUT2D eigenvalue weighted by atomic mass is 10.1. The van der Waals surface area contributed by atoms with E-state index in [4.69, 9.17) is 12.2 Å². The number of carbonyl (C=O) groups excluding carboxylic acids is 1. The van der Waals surface area contributed by atoms with Crippen LogP contribution in [0.2, 0.25) is 0 Å². The predicted molar refractivity (Wildman–Crippen MR) is 112 cm³/mol. The van der Waals surface area contributed by atoms with Crippen LogP contribution in [0.25, 0.3) is 16.9 Å². The lowest BCUT2D eigenvalue weighted by Crippen LogP contribution is -2.23. The molecule has 0 unspecified atom stereocenters. The van der Waals surface area contributed by atoms with Crippen LogP contribution in [0.3, 0.4) is 0 Å². The molecule has 3 aromatic carbocycles. The lowest BCUT2D eigenvalue weighted by molar-refractivity contribution is -0.112. The first-order valence-electron chi connectivity index (χ1n) is 9.17. The molecule has 4 aromatic rings. The summed E-state index contributed by atoms with van der Waals surface area (Å²) in [6.07, 6.45) is 0. The minimum Gasteiger partial charge on any atom is -0.493 e. The highest BCUT2D eigenvalue weighted by Gasteiger charge is 2.29. The molecule has 30 heavy (non-hydrogen) atoms. The fourth-order valence-corrected chi connectivity index (χ4v) is 4.04. The van der Waals surface area contributed by atoms with Gasteiger partial charge in [0.2, 0.25) is 5.88 Å². The molecule has 5 nitrogen and oxygen atoms in total. The first kappa shape index (κ1) is 18.2. The highest BCUT2D eigenvalue weighted by Crippen LogP contribution is 2.33. The molecule has 0 saturated heterocycles. The van der Waals surface area contributed by atoms with Crippen LogP contribution in [0.1, 0.15) is 5.69 Å². The van der Waals surface area contributed by atoms with Gasteiger partial charge in [0.25, 0.3) is 5.91 Å². The first-order valence-corrected chi connectivity index (χ1v) is 9.58. The maximum absolute atomic E-state index is 13.5. The molecule has 0 radical (unpaired) electrons. The summed E-state index contributed by atoms with van der Waals surface area (Å²) >= 11 is 5.69. The zero-order valence-electron chi connectivity index (χ0n) is 15.5. The van der Waals surface area contributed by atoms with Crippen LogP contribution in [0.15, 0.2) is 83.9 Å². The Morgan fingerprint density at radius 2 is 1.47 bits per heavy atom. The third-order valence-electron chi connectivity index (χ3n) is 4.98. The van der Waals surface area contributed by atoms with Gasteiger partial charge in [-0.25, -0.2) is 9.38 Å². The van der Waals surface area contributed by atoms with E-state index in [0.29, 0.717) is 22.0 Å². The van der Waals surface area contributed by atoms with Gasteiger partial charge in [0.1, 0.15) is 11.5 Å². The fourth-order valence-electron chi connectivity index (χ4n) is 3.65. The van der Waals surface area contributed by atoms with Gasteiger partial charge < -0.3 is 5.11 Å². The molecule has 1 amide bonds. The summed E-state index contributed by atoms with van der Waals surface area (Å²) in [7, 11) is 0. The number of aromatic nitrogens is 2. The fraction of sp³-hybridized carbons (Fsp3) is 0. The van der Waals surface area contributed by atoms with Gasteiger partial charge in [-0.1, -0.05) is 36.4 Å². The Morgan fingerprint density at radius 3 is 2.20 bits per heavy atom. The van der Waals surface area contributed by atoms with E-state index in [0.717, 1.165) is 0 Å². The maximum atomic E-state index is 13.5. The van der Waals surface area contributed by atoms with Crippen molar-refractivity contribution in [2.45, 2.75) is 0 Å². The molecule has 1 N–H and O–H groups in total. The van der Waals surface area contributed by atoms with Gasteiger partial charge in [-0.15, -0.1) is 0 Å². The predicted octanol–water partition coefficient (Wildman–Crippen LogP) is 3.20. The summed E-state index contributed by atoms with van der Waals surface area (Å²) in [5.41, 5.74) is 1.62. The molecule has 1 aliphatic heterocycles. The molecule has 1 aromatic heterocycles. The Morgan fingerprint density at radius 1 is 0.833 bits per heavy atom. The topological polar surface area (TPSA) is 59.5 Å². The number of carbonyl (C=O) groups is 1. The van der Waals surface area contributed by atoms with Gasteiger partial charge in [0, 0.05) is 10.9 Å². The van der Waals surface area contributed by atoms with Crippen LogP contribution in [0.5, 0.6) is 5.88 Å². The quantitative estimate of drug-likeness (QED) is 0.523. The lowest BCUT2D eigenvalue weighted by Gasteiger charge is -2.08. The standard InChI is InChI=1S/C23H14FN3O2S/c24-14-10-12-16(13-11-14)26-20(19-17-8-4-5-9-18(17)25-21(19)28)22(29)27(23(26)30)15-6-2-1-3-7-15/h1-13,29H. The SMILES string of the molecule is O=C1N=c2ccccc2=C1c1c(O)n(-c2ccccc2)c(=S)n1-c1ccc(F)cc1. The molecule has 0 fully saturated rings. The van der Waals surface area contributed by atoms with E-state index in [2.05, 4.69) is 4.99 Å². The van der Waals surface area contributed by atoms with Crippen molar-refractivity contribution < 1.29 is 14.3 Å². The van der Waals surface area contributed by atoms with E-state index in [1.807, 2.05) is 18.2 Å². The van der Waals surface area contributed by atoms with Crippen molar-refractivity contribution in [1.82, 2.24) is 9.13 Å². The molecule has 1 aliphatic rings. The van der Waals surface area contributed by atoms with Crippen LogP contribution in [-0.2, 0) is 4.79 Å². The van der Waals surface area contributed by atoms with Crippen LogP contribution in [0.4, 0.5) is 4.39 Å². The number of hydrogen-bond acceptors (Lipinski definition) is 3. The number of nitrogens with zero attached hydrogens (tertiary/aromatic N) is 3. The number of imidazole rings is 1. The molecule has 5 rings (SSSR count). The normalized spacial score (nSPS) is 12.7. The largest absolute Gasteiger partial charge is 0.493 e. The number of benzene rings is 3. The van der Waals surface area contributed by atoms with Crippen LogP contribution in [-0.4, -0.2) is 20.1 Å². The summed E-state index contributed by atoms with van der Waals surface area (Å²) in [5.74, 6) is -1.06. The smallest absolute Gasteiger partial charge is 0.280 e. The number of para-hydroxylation sites is 2. The van der Waals surface area contributed by atoms with Gasteiger partial charge in [-0.3, -0.25) is 13.9 Å². The molecule has 146 valence electrons. The number of aromatic hydroxyl groups is 1. The second-order valence-electron chi connectivity index (χ2n) is 6.75. The summed E-state index contributed by atoms with van der Waals surface area (Å²) in [5, 5.41) is 12.4. The molecular formula is C23H14FN3O2S. The van der Waals surface area contributed by atoms with Crippen molar-refractivity contribution >= 4 is 23.7 Å². The average molecular weight is 415 g/mol. The van der Waals surface area contributed by atoms with Crippen molar-refractivity contribution in [3.05, 3.63) is 106 Å². The van der Waals surface area contributed by atoms with Crippen molar-refractivity contribution in [2.75, 3.05) is 0 Å². The third kappa shape index (κ3) is 2.71. The Kier molecular flexibility index (Phi) is 4.18. The Bertz CT molecular complexity index is 1490. The zero-order chi connectivity index (χ0) is 20.8. The van der Waals surface area contributed by atoms with Crippen LogP contribution < -0.4 is 10.6 Å². The molecule has 0 spiro atoms. The zero-order valence-corrected chi connectivity index (χ0v) is 16.3. The summed E-state index contributed by atoms with van der Waals surface area (Å²) in [6.45, 7) is 0. The van der Waals surface area contributed by atoms with Gasteiger partial charge in [-0.05, 0) is 54.7 Å². The molecule has 7 heteroatoms. The Labute approximate surface area is 175 Å². The molecule has 0 atom stereocenters. The van der Waals surface area contributed by atoms with E-state index < -0.39 is 11.7 Å². The maximum Gasteiger partial charge on any atom is 0.280 e. The van der Waals surface area contributed by atoms with Crippen molar-refractivity contribution in [1.29, 1.82) is 0 Å². The Hall–Kier alpha value is -3.84. The summed E-state index contributed by atoms with van der Waals surface area (Å²) < 4.78 is 16.8. The second kappa shape index (κ2) is 6.89. The second-order valence-corrected chi connectivity index (χ2v) is 7.11. The van der Waals surface area contributed by atoms with Crippen molar-refractivity contribution in [3.63, 3.8) is 0 Å². The monoisotopic (exact) mass is 415 g/mol. The molecule has 0 bridgehead atoms. The number of amides is 1. The van der Waals surface area contributed by atoms with Crippen molar-refractivity contribution in [2.24, 2.45) is 4.99 Å². The van der Waals surface area contributed by atoms with Gasteiger partial charge in [0.05, 0.1) is 16.6 Å². The number of fused-ring (bicyclic) bond motifs is 1. The first-order chi connectivity index (χ1) is 14.6. The molecule has 0 aliphatic carbocycles. The van der Waals surface area contributed by atoms with Crippen LogP contribution >= 0.6 is 12.2 Å². The summed E-state index contributed by atoms with van der Waals surface area (Å²) in [4.78, 5) is 17.0. The average Bonchev–Trinajstić information content (AvgIpc) is 3.21. The van der Waals surface area contributed by atoms with Crippen LogP contribution in [0, 0.1) is 10.6 Å². The van der Waals surface area contributed by atoms with Gasteiger partial charge >= 0.3 is 0 Å². The number of halogens is 1. The number of hydrogen-bond donors (Lipinski definition) is 1. The molecular weight excluding hydrogens is 401 g/mol. The van der Waals surface area contributed by atoms with E-state index >= 15 is 0 Å². The van der Waals surface area contributed by atoms with E-state index in [-0.39, 0.29) is 21.9 Å². The minimum atomic E-state index is -0.470. The van der Waals surface area contributed by atoms with E-state index in [1.54, 1.807) is 53.1 Å². The summed E-state index contributed by atoms with van der Waals surface area (Å²) in [6, 6.07) is 21.9. The van der Waals surface area contributed by atoms with Crippen molar-refractivity contribution in [3.8, 4) is 17.3 Å². The number of rotatable bonds is 3.